The molecule has 13 heteroatoms. The van der Waals surface area contributed by atoms with E-state index in [1.807, 2.05) is 6.92 Å². The fourth-order valence-corrected chi connectivity index (χ4v) is 4.54. The number of aryl methyl sites for hydroxylation is 1. The Morgan fingerprint density at radius 2 is 1.86 bits per heavy atom. The van der Waals surface area contributed by atoms with Crippen LogP contribution in [-0.2, 0) is 26.5 Å². The van der Waals surface area contributed by atoms with E-state index in [4.69, 9.17) is 30.5 Å². The van der Waals surface area contributed by atoms with Crippen molar-refractivity contribution in [3.63, 3.8) is 0 Å². The van der Waals surface area contributed by atoms with Crippen LogP contribution in [0.2, 0.25) is 5.02 Å². The van der Waals surface area contributed by atoms with E-state index in [9.17, 15) is 13.2 Å². The zero-order valence-electron chi connectivity index (χ0n) is 20.9. The second-order valence-corrected chi connectivity index (χ2v) is 10.2. The van der Waals surface area contributed by atoms with Crippen LogP contribution >= 0.6 is 11.6 Å². The molecule has 1 amide bonds. The summed E-state index contributed by atoms with van der Waals surface area (Å²) in [6, 6.07) is 10.4. The van der Waals surface area contributed by atoms with Gasteiger partial charge in [0.05, 0.1) is 23.1 Å². The first-order valence-electron chi connectivity index (χ1n) is 11.2. The molecular formula is C24H29ClN4O7S. The maximum Gasteiger partial charge on any atom is 0.257 e. The van der Waals surface area contributed by atoms with Crippen molar-refractivity contribution in [2.75, 3.05) is 39.3 Å². The van der Waals surface area contributed by atoms with E-state index in [1.54, 1.807) is 43.2 Å². The van der Waals surface area contributed by atoms with E-state index in [0.717, 1.165) is 0 Å². The van der Waals surface area contributed by atoms with Crippen molar-refractivity contribution in [2.24, 2.45) is 7.05 Å². The number of rotatable bonds is 13. The van der Waals surface area contributed by atoms with Crippen molar-refractivity contribution in [3.8, 4) is 17.2 Å². The van der Waals surface area contributed by atoms with Gasteiger partial charge < -0.3 is 24.3 Å². The second-order valence-electron chi connectivity index (χ2n) is 7.99. The molecule has 0 saturated heterocycles. The summed E-state index contributed by atoms with van der Waals surface area (Å²) in [5.74, 6) is 0.765. The summed E-state index contributed by atoms with van der Waals surface area (Å²) in [5.41, 5.74) is 0.250. The van der Waals surface area contributed by atoms with Crippen LogP contribution in [0.5, 0.6) is 17.2 Å². The minimum Gasteiger partial charge on any atom is -0.488 e. The Morgan fingerprint density at radius 3 is 2.51 bits per heavy atom. The van der Waals surface area contributed by atoms with Gasteiger partial charge in [-0.2, -0.15) is 5.10 Å². The van der Waals surface area contributed by atoms with Gasteiger partial charge in [0, 0.05) is 51.7 Å². The van der Waals surface area contributed by atoms with Gasteiger partial charge in [-0.15, -0.1) is 0 Å². The molecule has 0 radical (unpaired) electrons. The summed E-state index contributed by atoms with van der Waals surface area (Å²) in [6.07, 6.45) is 1.40. The third-order valence-corrected chi connectivity index (χ3v) is 6.63. The van der Waals surface area contributed by atoms with E-state index in [0.29, 0.717) is 18.2 Å². The fourth-order valence-electron chi connectivity index (χ4n) is 3.22. The maximum absolute atomic E-state index is 12.9. The molecule has 200 valence electrons. The molecule has 1 aromatic heterocycles. The standard InChI is InChI=1S/C24H29ClN4O7S/c1-16(15-34-4)35-18-11-17(24(30)27-23-7-9-29(2)28-23)12-19(13-18)36-22-6-5-20(14-21(22)25)37(31,32)26-8-10-33-3/h5-7,9,11-14,16,26H,8,10,15H2,1-4H3,(H,27,28,30)/t16-/m0/s1. The number of halogens is 1. The minimum absolute atomic E-state index is 0.0261. The number of ether oxygens (including phenoxy) is 4. The van der Waals surface area contributed by atoms with Crippen molar-refractivity contribution in [1.29, 1.82) is 0 Å². The lowest BCUT2D eigenvalue weighted by molar-refractivity contribution is 0.0915. The van der Waals surface area contributed by atoms with Gasteiger partial charge >= 0.3 is 0 Å². The van der Waals surface area contributed by atoms with Crippen LogP contribution in [0.1, 0.15) is 17.3 Å². The number of anilines is 1. The number of methoxy groups -OCH3 is 2. The predicted molar refractivity (Wildman–Crippen MR) is 138 cm³/mol. The van der Waals surface area contributed by atoms with Crippen LogP contribution < -0.4 is 19.5 Å². The number of aromatic nitrogens is 2. The Kier molecular flexibility index (Phi) is 9.89. The summed E-state index contributed by atoms with van der Waals surface area (Å²) in [6.45, 7) is 2.50. The molecule has 0 aliphatic heterocycles. The molecule has 0 aliphatic carbocycles. The van der Waals surface area contributed by atoms with Crippen molar-refractivity contribution >= 4 is 33.3 Å². The average molecular weight is 553 g/mol. The summed E-state index contributed by atoms with van der Waals surface area (Å²) in [7, 11) is 0.996. The third kappa shape index (κ3) is 8.17. The molecule has 2 aromatic carbocycles. The highest BCUT2D eigenvalue weighted by molar-refractivity contribution is 7.89. The van der Waals surface area contributed by atoms with Gasteiger partial charge in [0.1, 0.15) is 23.4 Å². The molecule has 3 rings (SSSR count). The molecule has 1 atom stereocenters. The molecule has 0 saturated carbocycles. The molecule has 0 aliphatic rings. The highest BCUT2D eigenvalue weighted by Crippen LogP contribution is 2.34. The molecule has 0 bridgehead atoms. The highest BCUT2D eigenvalue weighted by atomic mass is 35.5. The normalized spacial score (nSPS) is 12.2. The number of carbonyl (C=O) groups is 1. The molecule has 11 nitrogen and oxygen atoms in total. The van der Waals surface area contributed by atoms with Crippen molar-refractivity contribution < 1.29 is 32.2 Å². The van der Waals surface area contributed by atoms with Gasteiger partial charge in [0.15, 0.2) is 5.82 Å². The summed E-state index contributed by atoms with van der Waals surface area (Å²) in [4.78, 5) is 12.9. The van der Waals surface area contributed by atoms with Gasteiger partial charge in [-0.3, -0.25) is 9.48 Å². The number of hydrogen-bond acceptors (Lipinski definition) is 8. The number of nitrogens with zero attached hydrogens (tertiary/aromatic N) is 2. The molecule has 0 unspecified atom stereocenters. The molecule has 3 aromatic rings. The maximum atomic E-state index is 12.9. The van der Waals surface area contributed by atoms with Crippen LogP contribution in [0.3, 0.4) is 0 Å². The number of amides is 1. The lowest BCUT2D eigenvalue weighted by Crippen LogP contribution is -2.27. The fraction of sp³-hybridized carbons (Fsp3) is 0.333. The summed E-state index contributed by atoms with van der Waals surface area (Å²) >= 11 is 6.34. The van der Waals surface area contributed by atoms with Crippen LogP contribution in [-0.4, -0.2) is 64.2 Å². The van der Waals surface area contributed by atoms with E-state index in [-0.39, 0.29) is 46.2 Å². The van der Waals surface area contributed by atoms with Gasteiger partial charge in [0.25, 0.3) is 5.91 Å². The average Bonchev–Trinajstić information content (AvgIpc) is 3.24. The van der Waals surface area contributed by atoms with Crippen molar-refractivity contribution in [2.45, 2.75) is 17.9 Å². The van der Waals surface area contributed by atoms with Crippen LogP contribution in [0.25, 0.3) is 0 Å². The van der Waals surface area contributed by atoms with Crippen molar-refractivity contribution in [3.05, 3.63) is 59.2 Å². The topological polar surface area (TPSA) is 130 Å². The summed E-state index contributed by atoms with van der Waals surface area (Å²) in [5, 5.41) is 6.93. The predicted octanol–water partition coefficient (Wildman–Crippen LogP) is 3.46. The third-order valence-electron chi connectivity index (χ3n) is 4.88. The van der Waals surface area contributed by atoms with Crippen LogP contribution in [0.4, 0.5) is 5.82 Å². The van der Waals surface area contributed by atoms with E-state index in [2.05, 4.69) is 15.1 Å². The number of nitrogens with one attached hydrogen (secondary N) is 2. The van der Waals surface area contributed by atoms with Gasteiger partial charge in [-0.1, -0.05) is 11.6 Å². The first-order valence-corrected chi connectivity index (χ1v) is 13.0. The minimum atomic E-state index is -3.78. The first-order chi connectivity index (χ1) is 17.6. The Labute approximate surface area is 220 Å². The van der Waals surface area contributed by atoms with Crippen LogP contribution in [0, 0.1) is 0 Å². The van der Waals surface area contributed by atoms with Crippen molar-refractivity contribution in [1.82, 2.24) is 14.5 Å². The largest absolute Gasteiger partial charge is 0.488 e. The Bertz CT molecular complexity index is 1330. The van der Waals surface area contributed by atoms with Gasteiger partial charge in [0.2, 0.25) is 10.0 Å². The number of hydrogen-bond donors (Lipinski definition) is 2. The number of benzene rings is 2. The van der Waals surface area contributed by atoms with E-state index >= 15 is 0 Å². The van der Waals surface area contributed by atoms with Crippen LogP contribution in [0.15, 0.2) is 53.6 Å². The van der Waals surface area contributed by atoms with Gasteiger partial charge in [-0.25, -0.2) is 13.1 Å². The lowest BCUT2D eigenvalue weighted by Gasteiger charge is -2.16. The molecule has 0 fully saturated rings. The van der Waals surface area contributed by atoms with Gasteiger partial charge in [-0.05, 0) is 37.3 Å². The molecule has 1 heterocycles. The molecule has 0 spiro atoms. The zero-order valence-corrected chi connectivity index (χ0v) is 22.4. The Balaban J connectivity index is 1.87. The summed E-state index contributed by atoms with van der Waals surface area (Å²) < 4.78 is 50.7. The van der Waals surface area contributed by atoms with E-state index in [1.165, 1.54) is 31.4 Å². The Hall–Kier alpha value is -3.16. The molecule has 2 N–H and O–H groups in total. The quantitative estimate of drug-likeness (QED) is 0.308. The zero-order chi connectivity index (χ0) is 27.0. The molecular weight excluding hydrogens is 524 g/mol. The SMILES string of the molecule is COCCNS(=O)(=O)c1ccc(Oc2cc(O[C@@H](C)COC)cc(C(=O)Nc3ccn(C)n3)c2)c(Cl)c1. The first kappa shape index (κ1) is 28.4. The second kappa shape index (κ2) is 12.9. The Morgan fingerprint density at radius 1 is 1.11 bits per heavy atom. The number of carbonyl (C=O) groups excluding carboxylic acids is 1. The highest BCUT2D eigenvalue weighted by Gasteiger charge is 2.18. The monoisotopic (exact) mass is 552 g/mol. The lowest BCUT2D eigenvalue weighted by atomic mass is 10.2. The molecule has 37 heavy (non-hydrogen) atoms. The smallest absolute Gasteiger partial charge is 0.257 e. The number of sulfonamides is 1. The van der Waals surface area contributed by atoms with E-state index < -0.39 is 15.9 Å².